The molecule has 1 aliphatic rings. The molecule has 140 valence electrons. The van der Waals surface area contributed by atoms with Crippen molar-refractivity contribution in [3.63, 3.8) is 0 Å². The minimum atomic E-state index is -3.68. The average molecular weight is 490 g/mol. The van der Waals surface area contributed by atoms with Gasteiger partial charge in [0.25, 0.3) is 0 Å². The van der Waals surface area contributed by atoms with E-state index in [1.165, 1.54) is 4.31 Å². The van der Waals surface area contributed by atoms with Gasteiger partial charge in [-0.05, 0) is 48.6 Å². The Morgan fingerprint density at radius 1 is 1.19 bits per heavy atom. The summed E-state index contributed by atoms with van der Waals surface area (Å²) in [5.74, 6) is 0.279. The number of amides is 2. The van der Waals surface area contributed by atoms with Crippen LogP contribution in [0.5, 0.6) is 0 Å². The zero-order valence-corrected chi connectivity index (χ0v) is 17.4. The van der Waals surface area contributed by atoms with Crippen molar-refractivity contribution < 1.29 is 17.7 Å². The molecule has 26 heavy (non-hydrogen) atoms. The standard InChI is InChI=1S/C16H19IN4O4S/c1-11-15(12(2)25-19-11)26(23,24)21-9-7-20(8-10-21)16(22)18-14-6-4-3-5-13(14)17/h3-6H,7-10H2,1-2H3,(H,18,22). The van der Waals surface area contributed by atoms with Crippen molar-refractivity contribution in [2.75, 3.05) is 31.5 Å². The highest BCUT2D eigenvalue weighted by atomic mass is 127. The number of anilines is 1. The molecule has 2 heterocycles. The Kier molecular flexibility index (Phi) is 5.53. The number of benzene rings is 1. The van der Waals surface area contributed by atoms with E-state index < -0.39 is 10.0 Å². The molecule has 1 aliphatic heterocycles. The van der Waals surface area contributed by atoms with Crippen molar-refractivity contribution in [1.82, 2.24) is 14.4 Å². The molecule has 0 atom stereocenters. The quantitative estimate of drug-likeness (QED) is 0.668. The van der Waals surface area contributed by atoms with Crippen LogP contribution < -0.4 is 5.32 Å². The molecule has 2 aromatic rings. The summed E-state index contributed by atoms with van der Waals surface area (Å²) in [5, 5.41) is 6.59. The van der Waals surface area contributed by atoms with Crippen LogP contribution in [-0.4, -0.2) is 55.0 Å². The van der Waals surface area contributed by atoms with Crippen molar-refractivity contribution in [3.05, 3.63) is 39.3 Å². The number of aryl methyl sites for hydroxylation is 2. The molecule has 1 aromatic heterocycles. The number of urea groups is 1. The molecule has 1 aromatic carbocycles. The number of sulfonamides is 1. The first-order valence-electron chi connectivity index (χ1n) is 8.04. The van der Waals surface area contributed by atoms with E-state index in [9.17, 15) is 13.2 Å². The maximum Gasteiger partial charge on any atom is 0.321 e. The highest BCUT2D eigenvalue weighted by Crippen LogP contribution is 2.24. The molecule has 1 saturated heterocycles. The summed E-state index contributed by atoms with van der Waals surface area (Å²) < 4.78 is 32.9. The van der Waals surface area contributed by atoms with E-state index in [1.807, 2.05) is 24.3 Å². The Labute approximate surface area is 165 Å². The number of carbonyl (C=O) groups is 1. The van der Waals surface area contributed by atoms with Gasteiger partial charge in [0.2, 0.25) is 10.0 Å². The molecule has 1 N–H and O–H groups in total. The van der Waals surface area contributed by atoms with E-state index >= 15 is 0 Å². The summed E-state index contributed by atoms with van der Waals surface area (Å²) in [4.78, 5) is 14.2. The Bertz CT molecular complexity index is 901. The van der Waals surface area contributed by atoms with E-state index in [2.05, 4.69) is 33.1 Å². The van der Waals surface area contributed by atoms with Crippen molar-refractivity contribution in [1.29, 1.82) is 0 Å². The van der Waals surface area contributed by atoms with Crippen LogP contribution in [-0.2, 0) is 10.0 Å². The second-order valence-electron chi connectivity index (χ2n) is 5.95. The number of nitrogens with one attached hydrogen (secondary N) is 1. The largest absolute Gasteiger partial charge is 0.360 e. The van der Waals surface area contributed by atoms with Crippen LogP contribution in [0.15, 0.2) is 33.7 Å². The molecule has 2 amide bonds. The van der Waals surface area contributed by atoms with Crippen LogP contribution in [0.4, 0.5) is 10.5 Å². The lowest BCUT2D eigenvalue weighted by molar-refractivity contribution is 0.184. The second kappa shape index (κ2) is 7.53. The van der Waals surface area contributed by atoms with E-state index in [0.29, 0.717) is 18.8 Å². The summed E-state index contributed by atoms with van der Waals surface area (Å²) in [6.45, 7) is 4.28. The van der Waals surface area contributed by atoms with Gasteiger partial charge in [-0.2, -0.15) is 4.31 Å². The van der Waals surface area contributed by atoms with Gasteiger partial charge in [-0.1, -0.05) is 17.3 Å². The number of halogens is 1. The van der Waals surface area contributed by atoms with Crippen LogP contribution in [0, 0.1) is 17.4 Å². The summed E-state index contributed by atoms with van der Waals surface area (Å²) in [6.07, 6.45) is 0. The number of hydrogen-bond acceptors (Lipinski definition) is 5. The zero-order valence-electron chi connectivity index (χ0n) is 14.4. The van der Waals surface area contributed by atoms with Gasteiger partial charge >= 0.3 is 6.03 Å². The van der Waals surface area contributed by atoms with Crippen molar-refractivity contribution in [2.45, 2.75) is 18.7 Å². The zero-order chi connectivity index (χ0) is 18.9. The number of aromatic nitrogens is 1. The van der Waals surface area contributed by atoms with Gasteiger partial charge in [0.1, 0.15) is 10.6 Å². The van der Waals surface area contributed by atoms with Gasteiger partial charge in [-0.25, -0.2) is 13.2 Å². The van der Waals surface area contributed by atoms with Gasteiger partial charge < -0.3 is 14.7 Å². The first-order chi connectivity index (χ1) is 12.3. The maximum atomic E-state index is 12.8. The predicted octanol–water partition coefficient (Wildman–Crippen LogP) is 2.43. The second-order valence-corrected chi connectivity index (χ2v) is 8.99. The molecular formula is C16H19IN4O4S. The van der Waals surface area contributed by atoms with Crippen LogP contribution in [0.1, 0.15) is 11.5 Å². The number of piperazine rings is 1. The lowest BCUT2D eigenvalue weighted by Gasteiger charge is -2.33. The third kappa shape index (κ3) is 3.71. The Balaban J connectivity index is 1.66. The summed E-state index contributed by atoms with van der Waals surface area (Å²) >= 11 is 2.15. The van der Waals surface area contributed by atoms with Gasteiger partial charge in [-0.15, -0.1) is 0 Å². The fraction of sp³-hybridized carbons (Fsp3) is 0.375. The van der Waals surface area contributed by atoms with Crippen molar-refractivity contribution in [2.24, 2.45) is 0 Å². The maximum absolute atomic E-state index is 12.8. The van der Waals surface area contributed by atoms with Crippen LogP contribution in [0.2, 0.25) is 0 Å². The third-order valence-corrected chi connectivity index (χ3v) is 7.29. The SMILES string of the molecule is Cc1noc(C)c1S(=O)(=O)N1CCN(C(=O)Nc2ccccc2I)CC1. The van der Waals surface area contributed by atoms with E-state index in [4.69, 9.17) is 4.52 Å². The summed E-state index contributed by atoms with van der Waals surface area (Å²) in [6, 6.07) is 7.26. The molecule has 0 aliphatic carbocycles. The molecule has 10 heteroatoms. The molecule has 1 fully saturated rings. The fourth-order valence-corrected chi connectivity index (χ4v) is 5.10. The molecule has 0 bridgehead atoms. The van der Waals surface area contributed by atoms with Crippen LogP contribution in [0.3, 0.4) is 0 Å². The van der Waals surface area contributed by atoms with Crippen molar-refractivity contribution >= 4 is 44.3 Å². The number of nitrogens with zero attached hydrogens (tertiary/aromatic N) is 3. The number of rotatable bonds is 3. The third-order valence-electron chi connectivity index (χ3n) is 4.21. The van der Waals surface area contributed by atoms with E-state index in [1.54, 1.807) is 18.7 Å². The average Bonchev–Trinajstić information content (AvgIpc) is 2.96. The topological polar surface area (TPSA) is 95.8 Å². The Morgan fingerprint density at radius 2 is 1.85 bits per heavy atom. The van der Waals surface area contributed by atoms with Gasteiger partial charge in [-0.3, -0.25) is 0 Å². The lowest BCUT2D eigenvalue weighted by Crippen LogP contribution is -2.51. The Morgan fingerprint density at radius 3 is 2.42 bits per heavy atom. The number of hydrogen-bond donors (Lipinski definition) is 1. The van der Waals surface area contributed by atoms with E-state index in [-0.39, 0.29) is 29.8 Å². The molecule has 0 saturated carbocycles. The Hall–Kier alpha value is -1.66. The first-order valence-corrected chi connectivity index (χ1v) is 10.6. The lowest BCUT2D eigenvalue weighted by atomic mass is 10.3. The highest BCUT2D eigenvalue weighted by Gasteiger charge is 2.34. The summed E-state index contributed by atoms with van der Waals surface area (Å²) in [5.41, 5.74) is 1.09. The van der Waals surface area contributed by atoms with E-state index in [0.717, 1.165) is 9.26 Å². The monoisotopic (exact) mass is 490 g/mol. The summed E-state index contributed by atoms with van der Waals surface area (Å²) in [7, 11) is -3.68. The molecule has 0 spiro atoms. The number of carbonyl (C=O) groups excluding carboxylic acids is 1. The normalized spacial score (nSPS) is 15.9. The van der Waals surface area contributed by atoms with Crippen LogP contribution >= 0.6 is 22.6 Å². The minimum Gasteiger partial charge on any atom is -0.360 e. The van der Waals surface area contributed by atoms with Gasteiger partial charge in [0.15, 0.2) is 5.76 Å². The number of para-hydroxylation sites is 1. The minimum absolute atomic E-state index is 0.120. The molecular weight excluding hydrogens is 471 g/mol. The molecule has 0 radical (unpaired) electrons. The fourth-order valence-electron chi connectivity index (χ4n) is 2.86. The smallest absolute Gasteiger partial charge is 0.321 e. The molecule has 0 unspecified atom stereocenters. The van der Waals surface area contributed by atoms with Gasteiger partial charge in [0, 0.05) is 29.7 Å². The first kappa shape index (κ1) is 19.1. The highest BCUT2D eigenvalue weighted by molar-refractivity contribution is 14.1. The van der Waals surface area contributed by atoms with Crippen molar-refractivity contribution in [3.8, 4) is 0 Å². The molecule has 8 nitrogen and oxygen atoms in total. The van der Waals surface area contributed by atoms with Gasteiger partial charge in [0.05, 0.1) is 5.69 Å². The molecule has 3 rings (SSSR count). The predicted molar refractivity (Wildman–Crippen MR) is 104 cm³/mol. The van der Waals surface area contributed by atoms with Crippen LogP contribution in [0.25, 0.3) is 0 Å².